The van der Waals surface area contributed by atoms with Gasteiger partial charge in [-0.3, -0.25) is 0 Å². The minimum atomic E-state index is -3.63. The Kier molecular flexibility index (Phi) is 4.64. The molecule has 0 aliphatic carbocycles. The van der Waals surface area contributed by atoms with Gasteiger partial charge in [-0.15, -0.1) is 0 Å². The molecule has 0 radical (unpaired) electrons. The van der Waals surface area contributed by atoms with E-state index in [-0.39, 0.29) is 17.5 Å². The second-order valence-corrected chi connectivity index (χ2v) is 7.22. The molecule has 0 spiro atoms. The van der Waals surface area contributed by atoms with E-state index in [1.165, 1.54) is 10.4 Å². The van der Waals surface area contributed by atoms with Crippen molar-refractivity contribution >= 4 is 10.0 Å². The number of nitriles is 1. The van der Waals surface area contributed by atoms with E-state index in [2.05, 4.69) is 4.90 Å². The zero-order valence-electron chi connectivity index (χ0n) is 12.3. The average Bonchev–Trinajstić information content (AvgIpc) is 2.47. The molecule has 114 valence electrons. The molecule has 0 aromatic heterocycles. The molecule has 0 bridgehead atoms. The van der Waals surface area contributed by atoms with E-state index in [0.29, 0.717) is 30.8 Å². The summed E-state index contributed by atoms with van der Waals surface area (Å²) in [7, 11) is -1.68. The van der Waals surface area contributed by atoms with Crippen LogP contribution in [0.15, 0.2) is 23.1 Å². The second kappa shape index (κ2) is 6.12. The summed E-state index contributed by atoms with van der Waals surface area (Å²) in [5, 5.41) is 8.98. The van der Waals surface area contributed by atoms with Crippen molar-refractivity contribution in [1.82, 2.24) is 9.21 Å². The maximum atomic E-state index is 12.9. The van der Waals surface area contributed by atoms with Crippen molar-refractivity contribution in [2.75, 3.05) is 33.2 Å². The van der Waals surface area contributed by atoms with Gasteiger partial charge in [-0.1, -0.05) is 6.07 Å². The summed E-state index contributed by atoms with van der Waals surface area (Å²) >= 11 is 0. The van der Waals surface area contributed by atoms with Gasteiger partial charge in [-0.05, 0) is 31.7 Å². The Morgan fingerprint density at radius 2 is 2.14 bits per heavy atom. The summed E-state index contributed by atoms with van der Waals surface area (Å²) in [6.07, 6.45) is 0. The third-order valence-electron chi connectivity index (χ3n) is 3.81. The molecule has 0 amide bonds. The molecule has 1 fully saturated rings. The van der Waals surface area contributed by atoms with Crippen LogP contribution in [-0.4, -0.2) is 56.9 Å². The van der Waals surface area contributed by atoms with Gasteiger partial charge in [0.1, 0.15) is 0 Å². The molecule has 2 rings (SSSR count). The number of aryl methyl sites for hydroxylation is 1. The second-order valence-electron chi connectivity index (χ2n) is 5.36. The minimum absolute atomic E-state index is 0.199. The zero-order chi connectivity index (χ0) is 15.6. The predicted octanol–water partition coefficient (Wildman–Crippen LogP) is 0.130. The highest BCUT2D eigenvalue weighted by Crippen LogP contribution is 2.24. The van der Waals surface area contributed by atoms with Crippen LogP contribution in [0.5, 0.6) is 0 Å². The third kappa shape index (κ3) is 3.09. The van der Waals surface area contributed by atoms with E-state index in [9.17, 15) is 8.42 Å². The van der Waals surface area contributed by atoms with Crippen molar-refractivity contribution in [2.24, 2.45) is 5.73 Å². The SMILES string of the molecule is Cc1ccc(C#N)cc1S(=O)(=O)N1CCN(C)CC1CN. The highest BCUT2D eigenvalue weighted by Gasteiger charge is 2.35. The summed E-state index contributed by atoms with van der Waals surface area (Å²) in [5.41, 5.74) is 6.73. The highest BCUT2D eigenvalue weighted by molar-refractivity contribution is 7.89. The number of nitrogens with zero attached hydrogens (tertiary/aromatic N) is 3. The smallest absolute Gasteiger partial charge is 0.243 e. The molecule has 1 saturated heterocycles. The van der Waals surface area contributed by atoms with E-state index < -0.39 is 10.0 Å². The molecule has 1 aromatic carbocycles. The van der Waals surface area contributed by atoms with E-state index in [1.54, 1.807) is 19.1 Å². The summed E-state index contributed by atoms with van der Waals surface area (Å²) in [5.74, 6) is 0. The van der Waals surface area contributed by atoms with Crippen LogP contribution in [0.25, 0.3) is 0 Å². The van der Waals surface area contributed by atoms with Gasteiger partial charge in [0.15, 0.2) is 0 Å². The van der Waals surface area contributed by atoms with Gasteiger partial charge in [0.2, 0.25) is 10.0 Å². The number of hydrogen-bond donors (Lipinski definition) is 1. The fourth-order valence-corrected chi connectivity index (χ4v) is 4.45. The van der Waals surface area contributed by atoms with E-state index in [1.807, 2.05) is 13.1 Å². The number of nitrogens with two attached hydrogens (primary N) is 1. The normalized spacial score (nSPS) is 21.1. The molecule has 0 saturated carbocycles. The third-order valence-corrected chi connectivity index (χ3v) is 5.90. The van der Waals surface area contributed by atoms with Crippen molar-refractivity contribution in [3.05, 3.63) is 29.3 Å². The summed E-state index contributed by atoms with van der Waals surface area (Å²) < 4.78 is 27.3. The first-order valence-electron chi connectivity index (χ1n) is 6.81. The van der Waals surface area contributed by atoms with Gasteiger partial charge >= 0.3 is 0 Å². The van der Waals surface area contributed by atoms with Crippen molar-refractivity contribution < 1.29 is 8.42 Å². The Bertz CT molecular complexity index is 666. The lowest BCUT2D eigenvalue weighted by Gasteiger charge is -2.38. The molecule has 7 heteroatoms. The molecule has 1 unspecified atom stereocenters. The molecular formula is C14H20N4O2S. The van der Waals surface area contributed by atoms with Crippen molar-refractivity contribution in [1.29, 1.82) is 5.26 Å². The lowest BCUT2D eigenvalue weighted by molar-refractivity contribution is 0.164. The topological polar surface area (TPSA) is 90.4 Å². The van der Waals surface area contributed by atoms with Crippen molar-refractivity contribution in [2.45, 2.75) is 17.9 Å². The van der Waals surface area contributed by atoms with E-state index in [0.717, 1.165) is 0 Å². The van der Waals surface area contributed by atoms with E-state index in [4.69, 9.17) is 11.0 Å². The molecule has 1 aromatic rings. The molecule has 1 aliphatic heterocycles. The predicted molar refractivity (Wildman–Crippen MR) is 80.1 cm³/mol. The average molecular weight is 308 g/mol. The van der Waals surface area contributed by atoms with Gasteiger partial charge in [0.05, 0.1) is 22.6 Å². The molecular weight excluding hydrogens is 288 g/mol. The number of hydrogen-bond acceptors (Lipinski definition) is 5. The van der Waals surface area contributed by atoms with Crippen LogP contribution in [0.1, 0.15) is 11.1 Å². The lowest BCUT2D eigenvalue weighted by atomic mass is 10.2. The van der Waals surface area contributed by atoms with Crippen LogP contribution in [0.2, 0.25) is 0 Å². The lowest BCUT2D eigenvalue weighted by Crippen LogP contribution is -2.56. The number of benzene rings is 1. The van der Waals surface area contributed by atoms with E-state index >= 15 is 0 Å². The maximum absolute atomic E-state index is 12.9. The van der Waals surface area contributed by atoms with Gasteiger partial charge in [-0.2, -0.15) is 9.57 Å². The quantitative estimate of drug-likeness (QED) is 0.857. The number of sulfonamides is 1. The molecule has 1 atom stereocenters. The zero-order valence-corrected chi connectivity index (χ0v) is 13.1. The summed E-state index contributed by atoms with van der Waals surface area (Å²) in [6, 6.07) is 6.48. The van der Waals surface area contributed by atoms with Crippen LogP contribution in [-0.2, 0) is 10.0 Å². The minimum Gasteiger partial charge on any atom is -0.329 e. The fourth-order valence-electron chi connectivity index (χ4n) is 2.58. The monoisotopic (exact) mass is 308 g/mol. The van der Waals surface area contributed by atoms with Crippen LogP contribution in [0.4, 0.5) is 0 Å². The standard InChI is InChI=1S/C14H20N4O2S/c1-11-3-4-12(8-15)7-14(11)21(19,20)18-6-5-17(2)10-13(18)9-16/h3-4,7,13H,5-6,9-10,16H2,1-2H3. The molecule has 2 N–H and O–H groups in total. The largest absolute Gasteiger partial charge is 0.329 e. The maximum Gasteiger partial charge on any atom is 0.243 e. The van der Waals surface area contributed by atoms with Gasteiger partial charge in [0.25, 0.3) is 0 Å². The van der Waals surface area contributed by atoms with Gasteiger partial charge < -0.3 is 10.6 Å². The Labute approximate surface area is 125 Å². The van der Waals surface area contributed by atoms with Crippen molar-refractivity contribution in [3.8, 4) is 6.07 Å². The first-order chi connectivity index (χ1) is 9.90. The first-order valence-corrected chi connectivity index (χ1v) is 8.25. The first kappa shape index (κ1) is 15.9. The van der Waals surface area contributed by atoms with Crippen LogP contribution < -0.4 is 5.73 Å². The Hall–Kier alpha value is -1.46. The Morgan fingerprint density at radius 1 is 1.43 bits per heavy atom. The summed E-state index contributed by atoms with van der Waals surface area (Å²) in [4.78, 5) is 2.27. The number of piperazine rings is 1. The van der Waals surface area contributed by atoms with Crippen LogP contribution >= 0.6 is 0 Å². The highest BCUT2D eigenvalue weighted by atomic mass is 32.2. The number of rotatable bonds is 3. The molecule has 6 nitrogen and oxygen atoms in total. The van der Waals surface area contributed by atoms with Gasteiger partial charge in [-0.25, -0.2) is 8.42 Å². The number of likely N-dealkylation sites (N-methyl/N-ethyl adjacent to an activating group) is 1. The summed E-state index contributed by atoms with van der Waals surface area (Å²) in [6.45, 7) is 3.72. The molecule has 21 heavy (non-hydrogen) atoms. The van der Waals surface area contributed by atoms with Gasteiger partial charge in [0, 0.05) is 26.2 Å². The fraction of sp³-hybridized carbons (Fsp3) is 0.500. The van der Waals surface area contributed by atoms with Crippen molar-refractivity contribution in [3.63, 3.8) is 0 Å². The molecule has 1 heterocycles. The van der Waals surface area contributed by atoms with Crippen LogP contribution in [0.3, 0.4) is 0 Å². The van der Waals surface area contributed by atoms with Crippen LogP contribution in [0, 0.1) is 18.3 Å². The Morgan fingerprint density at radius 3 is 2.76 bits per heavy atom. The molecule has 1 aliphatic rings. The Balaban J connectivity index is 2.44.